The van der Waals surface area contributed by atoms with Crippen molar-refractivity contribution >= 4 is 34.2 Å². The maximum absolute atomic E-state index is 12.6. The number of hydrogen-bond donors (Lipinski definition) is 1. The van der Waals surface area contributed by atoms with Gasteiger partial charge in [-0.05, 0) is 72.3 Å². The first-order valence-electron chi connectivity index (χ1n) is 6.40. The number of amides is 1. The maximum atomic E-state index is 12.6. The number of carbonyl (C=O) groups is 1. The van der Waals surface area contributed by atoms with Crippen molar-refractivity contribution < 1.29 is 9.90 Å². The molecule has 1 N–H and O–H groups in total. The van der Waals surface area contributed by atoms with E-state index in [1.165, 1.54) is 6.07 Å². The molecule has 0 unspecified atom stereocenters. The van der Waals surface area contributed by atoms with Crippen molar-refractivity contribution in [1.82, 2.24) is 0 Å². The molecule has 2 aromatic rings. The molecular formula is C16H16INO2. The second kappa shape index (κ2) is 6.26. The molecule has 1 amide bonds. The molecule has 0 aliphatic heterocycles. The minimum atomic E-state index is -0.107. The van der Waals surface area contributed by atoms with Crippen LogP contribution in [0.1, 0.15) is 22.8 Å². The third-order valence-corrected chi connectivity index (χ3v) is 3.98. The van der Waals surface area contributed by atoms with Gasteiger partial charge in [0, 0.05) is 17.8 Å². The lowest BCUT2D eigenvalue weighted by Crippen LogP contribution is -2.30. The number of carbonyl (C=O) groups excluding carboxylic acids is 1. The van der Waals surface area contributed by atoms with E-state index in [1.807, 2.05) is 60.7 Å². The molecule has 3 nitrogen and oxygen atoms in total. The van der Waals surface area contributed by atoms with Crippen LogP contribution in [0.3, 0.4) is 0 Å². The van der Waals surface area contributed by atoms with E-state index >= 15 is 0 Å². The van der Waals surface area contributed by atoms with Crippen LogP contribution in [0.15, 0.2) is 42.5 Å². The van der Waals surface area contributed by atoms with Gasteiger partial charge in [-0.3, -0.25) is 4.79 Å². The molecule has 2 aromatic carbocycles. The molecule has 0 aliphatic rings. The first-order chi connectivity index (χ1) is 9.52. The van der Waals surface area contributed by atoms with Crippen LogP contribution < -0.4 is 4.90 Å². The lowest BCUT2D eigenvalue weighted by atomic mass is 10.1. The van der Waals surface area contributed by atoms with E-state index in [2.05, 4.69) is 0 Å². The topological polar surface area (TPSA) is 40.5 Å². The van der Waals surface area contributed by atoms with Gasteiger partial charge in [0.25, 0.3) is 5.91 Å². The number of halogens is 1. The molecule has 0 spiro atoms. The molecule has 2 rings (SSSR count). The zero-order valence-corrected chi connectivity index (χ0v) is 13.6. The second-order valence-electron chi connectivity index (χ2n) is 4.55. The van der Waals surface area contributed by atoms with Crippen LogP contribution in [0.4, 0.5) is 5.69 Å². The Balaban J connectivity index is 2.36. The Hall–Kier alpha value is -1.56. The van der Waals surface area contributed by atoms with Gasteiger partial charge in [0.15, 0.2) is 0 Å². The van der Waals surface area contributed by atoms with E-state index < -0.39 is 0 Å². The van der Waals surface area contributed by atoms with Crippen molar-refractivity contribution in [3.8, 4) is 5.75 Å². The van der Waals surface area contributed by atoms with Gasteiger partial charge >= 0.3 is 0 Å². The Morgan fingerprint density at radius 2 is 2.00 bits per heavy atom. The molecule has 20 heavy (non-hydrogen) atoms. The quantitative estimate of drug-likeness (QED) is 0.818. The van der Waals surface area contributed by atoms with E-state index in [1.54, 1.807) is 17.0 Å². The largest absolute Gasteiger partial charge is 0.507 e. The summed E-state index contributed by atoms with van der Waals surface area (Å²) in [5.41, 5.74) is 2.47. The van der Waals surface area contributed by atoms with E-state index in [9.17, 15) is 9.90 Å². The summed E-state index contributed by atoms with van der Waals surface area (Å²) >= 11 is 2.03. The Kier molecular flexibility index (Phi) is 4.65. The average Bonchev–Trinajstić information content (AvgIpc) is 2.42. The van der Waals surface area contributed by atoms with Gasteiger partial charge in [-0.15, -0.1) is 0 Å². The SMILES string of the molecule is CCN(C(=O)c1ccc(I)c(O)c1)c1cccc(C)c1. The van der Waals surface area contributed by atoms with Gasteiger partial charge in [-0.2, -0.15) is 0 Å². The lowest BCUT2D eigenvalue weighted by molar-refractivity contribution is 0.0988. The summed E-state index contributed by atoms with van der Waals surface area (Å²) in [6, 6.07) is 12.8. The Morgan fingerprint density at radius 3 is 2.60 bits per heavy atom. The summed E-state index contributed by atoms with van der Waals surface area (Å²) in [5.74, 6) is 0.0292. The first-order valence-corrected chi connectivity index (χ1v) is 7.48. The molecule has 0 atom stereocenters. The molecule has 0 fully saturated rings. The molecule has 0 aromatic heterocycles. The Bertz CT molecular complexity index is 640. The Labute approximate surface area is 132 Å². The van der Waals surface area contributed by atoms with Crippen LogP contribution in [0.2, 0.25) is 0 Å². The summed E-state index contributed by atoms with van der Waals surface area (Å²) in [6.07, 6.45) is 0. The molecule has 104 valence electrons. The standard InChI is InChI=1S/C16H16INO2/c1-3-18(13-6-4-5-11(2)9-13)16(20)12-7-8-14(17)15(19)10-12/h4-10,19H,3H2,1-2H3. The number of hydrogen-bond acceptors (Lipinski definition) is 2. The highest BCUT2D eigenvalue weighted by molar-refractivity contribution is 14.1. The van der Waals surface area contributed by atoms with Crippen LogP contribution >= 0.6 is 22.6 Å². The average molecular weight is 381 g/mol. The minimum absolute atomic E-state index is 0.107. The highest BCUT2D eigenvalue weighted by Gasteiger charge is 2.17. The number of rotatable bonds is 3. The third-order valence-electron chi connectivity index (χ3n) is 3.07. The number of nitrogens with zero attached hydrogens (tertiary/aromatic N) is 1. The fourth-order valence-electron chi connectivity index (χ4n) is 2.04. The summed E-state index contributed by atoms with van der Waals surface area (Å²) in [5, 5.41) is 9.74. The van der Waals surface area contributed by atoms with Crippen molar-refractivity contribution in [2.45, 2.75) is 13.8 Å². The van der Waals surface area contributed by atoms with Crippen molar-refractivity contribution in [2.75, 3.05) is 11.4 Å². The molecule has 0 radical (unpaired) electrons. The molecule has 0 heterocycles. The molecular weight excluding hydrogens is 365 g/mol. The van der Waals surface area contributed by atoms with E-state index in [4.69, 9.17) is 0 Å². The number of benzene rings is 2. The fourth-order valence-corrected chi connectivity index (χ4v) is 2.38. The number of phenols is 1. The summed E-state index contributed by atoms with van der Waals surface area (Å²) in [7, 11) is 0. The second-order valence-corrected chi connectivity index (χ2v) is 5.72. The molecule has 4 heteroatoms. The van der Waals surface area contributed by atoms with Crippen molar-refractivity contribution in [1.29, 1.82) is 0 Å². The van der Waals surface area contributed by atoms with E-state index in [0.29, 0.717) is 12.1 Å². The van der Waals surface area contributed by atoms with Crippen LogP contribution in [0.5, 0.6) is 5.75 Å². The predicted octanol–water partition coefficient (Wildman–Crippen LogP) is 3.97. The van der Waals surface area contributed by atoms with Crippen molar-refractivity contribution in [2.24, 2.45) is 0 Å². The van der Waals surface area contributed by atoms with E-state index in [-0.39, 0.29) is 11.7 Å². The number of phenolic OH excluding ortho intramolecular Hbond substituents is 1. The minimum Gasteiger partial charge on any atom is -0.507 e. The smallest absolute Gasteiger partial charge is 0.258 e. The summed E-state index contributed by atoms with van der Waals surface area (Å²) in [6.45, 7) is 4.51. The summed E-state index contributed by atoms with van der Waals surface area (Å²) in [4.78, 5) is 14.3. The van der Waals surface area contributed by atoms with Gasteiger partial charge in [0.1, 0.15) is 5.75 Å². The van der Waals surface area contributed by atoms with Gasteiger partial charge in [0.05, 0.1) is 3.57 Å². The van der Waals surface area contributed by atoms with Gasteiger partial charge in [-0.25, -0.2) is 0 Å². The van der Waals surface area contributed by atoms with Crippen molar-refractivity contribution in [3.05, 3.63) is 57.2 Å². The van der Waals surface area contributed by atoms with E-state index in [0.717, 1.165) is 14.8 Å². The molecule has 0 bridgehead atoms. The van der Waals surface area contributed by atoms with Crippen LogP contribution in [0.25, 0.3) is 0 Å². The summed E-state index contributed by atoms with van der Waals surface area (Å²) < 4.78 is 0.734. The fraction of sp³-hybridized carbons (Fsp3) is 0.188. The highest BCUT2D eigenvalue weighted by Crippen LogP contribution is 2.23. The maximum Gasteiger partial charge on any atom is 0.258 e. The third kappa shape index (κ3) is 3.12. The number of aryl methyl sites for hydroxylation is 1. The van der Waals surface area contributed by atoms with Gasteiger partial charge < -0.3 is 10.0 Å². The monoisotopic (exact) mass is 381 g/mol. The number of aromatic hydroxyl groups is 1. The number of anilines is 1. The van der Waals surface area contributed by atoms with Crippen molar-refractivity contribution in [3.63, 3.8) is 0 Å². The molecule has 0 saturated heterocycles. The van der Waals surface area contributed by atoms with Crippen LogP contribution in [-0.2, 0) is 0 Å². The zero-order valence-electron chi connectivity index (χ0n) is 11.4. The highest BCUT2D eigenvalue weighted by atomic mass is 127. The van der Waals surface area contributed by atoms with Gasteiger partial charge in [0.2, 0.25) is 0 Å². The van der Waals surface area contributed by atoms with Gasteiger partial charge in [-0.1, -0.05) is 12.1 Å². The van der Waals surface area contributed by atoms with Crippen LogP contribution in [-0.4, -0.2) is 17.6 Å². The van der Waals surface area contributed by atoms with Crippen LogP contribution in [0, 0.1) is 10.5 Å². The first kappa shape index (κ1) is 14.8. The molecule has 0 saturated carbocycles. The predicted molar refractivity (Wildman–Crippen MR) is 89.4 cm³/mol. The zero-order chi connectivity index (χ0) is 14.7. The normalized spacial score (nSPS) is 10.3. The molecule has 0 aliphatic carbocycles. The Morgan fingerprint density at radius 1 is 1.25 bits per heavy atom. The lowest BCUT2D eigenvalue weighted by Gasteiger charge is -2.21.